The van der Waals surface area contributed by atoms with Crippen LogP contribution in [-0.4, -0.2) is 17.0 Å². The molecule has 25 heavy (non-hydrogen) atoms. The molecule has 0 saturated carbocycles. The van der Waals surface area contributed by atoms with Crippen molar-refractivity contribution in [3.05, 3.63) is 43.8 Å². The second-order valence-electron chi connectivity index (χ2n) is 6.91. The first-order chi connectivity index (χ1) is 11.8. The van der Waals surface area contributed by atoms with E-state index in [9.17, 15) is 4.79 Å². The van der Waals surface area contributed by atoms with E-state index >= 15 is 0 Å². The zero-order valence-corrected chi connectivity index (χ0v) is 18.4. The number of benzene rings is 1. The number of rotatable bonds is 5. The predicted molar refractivity (Wildman–Crippen MR) is 112 cm³/mol. The number of halogens is 1. The SMILES string of the molecule is CCCCc1cn(C(C)(C)C)sc1=NC(=O)c1cc(I)ccc1OC. The average Bonchev–Trinajstić information content (AvgIpc) is 2.95. The number of amides is 1. The molecule has 0 saturated heterocycles. The van der Waals surface area contributed by atoms with Crippen LogP contribution in [0.25, 0.3) is 0 Å². The molecule has 2 aromatic rings. The Labute approximate surface area is 167 Å². The van der Waals surface area contributed by atoms with Crippen molar-refractivity contribution in [2.45, 2.75) is 52.5 Å². The summed E-state index contributed by atoms with van der Waals surface area (Å²) in [7, 11) is 1.57. The van der Waals surface area contributed by atoms with Gasteiger partial charge in [0.15, 0.2) is 0 Å². The molecule has 0 aliphatic carbocycles. The summed E-state index contributed by atoms with van der Waals surface area (Å²) in [5.41, 5.74) is 1.62. The summed E-state index contributed by atoms with van der Waals surface area (Å²) < 4.78 is 9.29. The van der Waals surface area contributed by atoms with Gasteiger partial charge in [0.2, 0.25) is 0 Å². The van der Waals surface area contributed by atoms with E-state index in [0.717, 1.165) is 33.1 Å². The smallest absolute Gasteiger partial charge is 0.282 e. The zero-order chi connectivity index (χ0) is 18.6. The first-order valence-electron chi connectivity index (χ1n) is 8.41. The van der Waals surface area contributed by atoms with Crippen LogP contribution in [0.15, 0.2) is 29.4 Å². The van der Waals surface area contributed by atoms with Gasteiger partial charge in [-0.1, -0.05) is 13.3 Å². The molecule has 0 aliphatic heterocycles. The Morgan fingerprint density at radius 3 is 2.68 bits per heavy atom. The van der Waals surface area contributed by atoms with Gasteiger partial charge in [0, 0.05) is 20.9 Å². The van der Waals surface area contributed by atoms with E-state index in [4.69, 9.17) is 4.74 Å². The molecular weight excluding hydrogens is 447 g/mol. The lowest BCUT2D eigenvalue weighted by Crippen LogP contribution is -2.18. The topological polar surface area (TPSA) is 43.6 Å². The van der Waals surface area contributed by atoms with Crippen molar-refractivity contribution in [1.82, 2.24) is 3.96 Å². The molecule has 136 valence electrons. The third kappa shape index (κ3) is 5.17. The van der Waals surface area contributed by atoms with Gasteiger partial charge in [-0.15, -0.1) is 0 Å². The molecule has 0 N–H and O–H groups in total. The van der Waals surface area contributed by atoms with Gasteiger partial charge < -0.3 is 4.74 Å². The Kier molecular flexibility index (Phi) is 6.85. The van der Waals surface area contributed by atoms with Crippen LogP contribution in [0.4, 0.5) is 0 Å². The summed E-state index contributed by atoms with van der Waals surface area (Å²) in [6.07, 6.45) is 5.28. The van der Waals surface area contributed by atoms with Crippen LogP contribution in [0.3, 0.4) is 0 Å². The predicted octanol–water partition coefficient (Wildman–Crippen LogP) is 5.00. The van der Waals surface area contributed by atoms with Crippen LogP contribution in [0, 0.1) is 3.57 Å². The van der Waals surface area contributed by atoms with Crippen LogP contribution in [0.2, 0.25) is 0 Å². The van der Waals surface area contributed by atoms with E-state index in [1.807, 2.05) is 18.2 Å². The largest absolute Gasteiger partial charge is 0.496 e. The second-order valence-corrected chi connectivity index (χ2v) is 9.12. The Balaban J connectivity index is 2.50. The summed E-state index contributed by atoms with van der Waals surface area (Å²) >= 11 is 3.74. The first-order valence-corrected chi connectivity index (χ1v) is 10.3. The van der Waals surface area contributed by atoms with Crippen molar-refractivity contribution in [1.29, 1.82) is 0 Å². The number of nitrogens with zero attached hydrogens (tertiary/aromatic N) is 2. The summed E-state index contributed by atoms with van der Waals surface area (Å²) in [5, 5.41) is 0. The number of hydrogen-bond acceptors (Lipinski definition) is 3. The van der Waals surface area contributed by atoms with E-state index < -0.39 is 0 Å². The normalized spacial score (nSPS) is 12.5. The number of aromatic nitrogens is 1. The van der Waals surface area contributed by atoms with Gasteiger partial charge in [0.05, 0.1) is 12.7 Å². The van der Waals surface area contributed by atoms with Gasteiger partial charge in [-0.05, 0) is 85.9 Å². The molecule has 0 unspecified atom stereocenters. The summed E-state index contributed by atoms with van der Waals surface area (Å²) in [4.78, 5) is 17.2. The molecule has 0 fully saturated rings. The van der Waals surface area contributed by atoms with Crippen LogP contribution < -0.4 is 9.41 Å². The van der Waals surface area contributed by atoms with E-state index in [1.165, 1.54) is 0 Å². The highest BCUT2D eigenvalue weighted by Crippen LogP contribution is 2.22. The number of carbonyl (C=O) groups is 1. The molecule has 6 heteroatoms. The van der Waals surface area contributed by atoms with Crippen LogP contribution >= 0.6 is 34.1 Å². The molecule has 0 radical (unpaired) electrons. The minimum atomic E-state index is -0.254. The Morgan fingerprint density at radius 2 is 2.08 bits per heavy atom. The number of hydrogen-bond donors (Lipinski definition) is 0. The van der Waals surface area contributed by atoms with Crippen molar-refractivity contribution in [2.75, 3.05) is 7.11 Å². The average molecular weight is 472 g/mol. The number of carbonyl (C=O) groups excluding carboxylic acids is 1. The molecule has 0 atom stereocenters. The Hall–Kier alpha value is -1.15. The summed E-state index contributed by atoms with van der Waals surface area (Å²) in [6, 6.07) is 5.55. The van der Waals surface area contributed by atoms with Crippen molar-refractivity contribution < 1.29 is 9.53 Å². The van der Waals surface area contributed by atoms with Crippen molar-refractivity contribution in [3.63, 3.8) is 0 Å². The summed E-state index contributed by atoms with van der Waals surface area (Å²) in [6.45, 7) is 8.63. The number of methoxy groups -OCH3 is 1. The lowest BCUT2D eigenvalue weighted by Gasteiger charge is -2.19. The fourth-order valence-corrected chi connectivity index (χ4v) is 3.86. The molecule has 0 bridgehead atoms. The lowest BCUT2D eigenvalue weighted by atomic mass is 10.1. The van der Waals surface area contributed by atoms with Crippen molar-refractivity contribution in [2.24, 2.45) is 4.99 Å². The van der Waals surface area contributed by atoms with Gasteiger partial charge in [0.25, 0.3) is 5.91 Å². The minimum absolute atomic E-state index is 0.0255. The van der Waals surface area contributed by atoms with Crippen LogP contribution in [0.1, 0.15) is 56.5 Å². The van der Waals surface area contributed by atoms with E-state index in [-0.39, 0.29) is 11.4 Å². The molecule has 1 heterocycles. The Morgan fingerprint density at radius 1 is 1.36 bits per heavy atom. The highest BCUT2D eigenvalue weighted by molar-refractivity contribution is 14.1. The molecule has 1 aromatic heterocycles. The molecule has 2 rings (SSSR count). The second kappa shape index (κ2) is 8.49. The number of unbranched alkanes of at least 4 members (excludes halogenated alkanes) is 1. The van der Waals surface area contributed by atoms with Crippen molar-refractivity contribution in [3.8, 4) is 5.75 Å². The van der Waals surface area contributed by atoms with Crippen LogP contribution in [-0.2, 0) is 12.0 Å². The van der Waals surface area contributed by atoms with Gasteiger partial charge >= 0.3 is 0 Å². The minimum Gasteiger partial charge on any atom is -0.496 e. The van der Waals surface area contributed by atoms with Gasteiger partial charge in [-0.3, -0.25) is 8.75 Å². The van der Waals surface area contributed by atoms with Gasteiger partial charge in [0.1, 0.15) is 10.4 Å². The maximum atomic E-state index is 12.8. The van der Waals surface area contributed by atoms with Gasteiger partial charge in [-0.2, -0.15) is 4.99 Å². The summed E-state index contributed by atoms with van der Waals surface area (Å²) in [5.74, 6) is 0.306. The van der Waals surface area contributed by atoms with E-state index in [1.54, 1.807) is 18.6 Å². The lowest BCUT2D eigenvalue weighted by molar-refractivity contribution is 0.0996. The molecule has 1 amide bonds. The zero-order valence-electron chi connectivity index (χ0n) is 15.4. The van der Waals surface area contributed by atoms with Gasteiger partial charge in [-0.25, -0.2) is 0 Å². The fraction of sp³-hybridized carbons (Fsp3) is 0.474. The third-order valence-electron chi connectivity index (χ3n) is 3.79. The first kappa shape index (κ1) is 20.2. The molecule has 0 spiro atoms. The van der Waals surface area contributed by atoms with Crippen molar-refractivity contribution >= 4 is 40.0 Å². The molecule has 0 aliphatic rings. The highest BCUT2D eigenvalue weighted by atomic mass is 127. The third-order valence-corrected chi connectivity index (χ3v) is 5.84. The quantitative estimate of drug-likeness (QED) is 0.575. The number of aryl methyl sites for hydroxylation is 1. The monoisotopic (exact) mass is 472 g/mol. The molecular formula is C19H25IN2O2S. The molecule has 4 nitrogen and oxygen atoms in total. The van der Waals surface area contributed by atoms with Crippen LogP contribution in [0.5, 0.6) is 5.75 Å². The van der Waals surface area contributed by atoms with E-state index in [0.29, 0.717) is 11.3 Å². The molecule has 1 aromatic carbocycles. The highest BCUT2D eigenvalue weighted by Gasteiger charge is 2.17. The maximum absolute atomic E-state index is 12.8. The fourth-order valence-electron chi connectivity index (χ4n) is 2.34. The maximum Gasteiger partial charge on any atom is 0.282 e. The Bertz CT molecular complexity index is 816. The standard InChI is InChI=1S/C19H25IN2O2S/c1-6-7-8-13-12-22(19(2,3)4)25-18(13)21-17(23)15-11-14(20)9-10-16(15)24-5/h9-12H,6-8H2,1-5H3. The number of ether oxygens (including phenoxy) is 1. The van der Waals surface area contributed by atoms with E-state index in [2.05, 4.69) is 65.4 Å².